The summed E-state index contributed by atoms with van der Waals surface area (Å²) in [6, 6.07) is 5.27. The highest BCUT2D eigenvalue weighted by Crippen LogP contribution is 2.26. The summed E-state index contributed by atoms with van der Waals surface area (Å²) in [6.45, 7) is 0.0699. The number of benzene rings is 1. The minimum atomic E-state index is -0.924. The highest BCUT2D eigenvalue weighted by Gasteiger charge is 2.21. The van der Waals surface area contributed by atoms with Crippen molar-refractivity contribution in [3.8, 4) is 0 Å². The molecule has 0 spiro atoms. The highest BCUT2D eigenvalue weighted by molar-refractivity contribution is 5.94. The molecule has 1 unspecified atom stereocenters. The molecular formula is C12H14N2O3. The van der Waals surface area contributed by atoms with E-state index in [1.807, 2.05) is 6.07 Å². The predicted octanol–water partition coefficient (Wildman–Crippen LogP) is 0.698. The maximum atomic E-state index is 11.2. The van der Waals surface area contributed by atoms with Gasteiger partial charge in [-0.1, -0.05) is 12.1 Å². The normalized spacial score (nSPS) is 15.9. The second-order valence-corrected chi connectivity index (χ2v) is 4.09. The SMILES string of the molecule is NCC(C(=O)O)c1ccc2c(c1)CCC(=O)N2. The predicted molar refractivity (Wildman–Crippen MR) is 62.8 cm³/mol. The van der Waals surface area contributed by atoms with Crippen molar-refractivity contribution < 1.29 is 14.7 Å². The Hall–Kier alpha value is -1.88. The summed E-state index contributed by atoms with van der Waals surface area (Å²) in [7, 11) is 0. The molecule has 90 valence electrons. The van der Waals surface area contributed by atoms with Gasteiger partial charge in [0, 0.05) is 18.7 Å². The van der Waals surface area contributed by atoms with Crippen LogP contribution in [0.5, 0.6) is 0 Å². The Labute approximate surface area is 98.6 Å². The maximum absolute atomic E-state index is 11.2. The third-order valence-electron chi connectivity index (χ3n) is 2.96. The van der Waals surface area contributed by atoms with Crippen LogP contribution in [0.25, 0.3) is 0 Å². The number of fused-ring (bicyclic) bond motifs is 1. The monoisotopic (exact) mass is 234 g/mol. The van der Waals surface area contributed by atoms with E-state index in [1.165, 1.54) is 0 Å². The van der Waals surface area contributed by atoms with Gasteiger partial charge in [-0.15, -0.1) is 0 Å². The van der Waals surface area contributed by atoms with Crippen LogP contribution in [-0.2, 0) is 16.0 Å². The molecule has 17 heavy (non-hydrogen) atoms. The molecule has 1 aromatic rings. The number of hydrogen-bond donors (Lipinski definition) is 3. The molecule has 0 radical (unpaired) electrons. The molecule has 5 nitrogen and oxygen atoms in total. The summed E-state index contributed by atoms with van der Waals surface area (Å²) in [5, 5.41) is 11.8. The van der Waals surface area contributed by atoms with Gasteiger partial charge in [0.15, 0.2) is 0 Å². The van der Waals surface area contributed by atoms with Crippen molar-refractivity contribution in [2.45, 2.75) is 18.8 Å². The zero-order chi connectivity index (χ0) is 12.4. The molecule has 0 aliphatic carbocycles. The number of carbonyl (C=O) groups excluding carboxylic acids is 1. The van der Waals surface area contributed by atoms with Gasteiger partial charge in [0.2, 0.25) is 5.91 Å². The Morgan fingerprint density at radius 1 is 1.47 bits per heavy atom. The number of rotatable bonds is 3. The molecule has 0 saturated heterocycles. The number of amides is 1. The van der Waals surface area contributed by atoms with Gasteiger partial charge in [0.25, 0.3) is 0 Å². The lowest BCUT2D eigenvalue weighted by Gasteiger charge is -2.19. The van der Waals surface area contributed by atoms with Crippen LogP contribution in [0, 0.1) is 0 Å². The number of aryl methyl sites for hydroxylation is 1. The third-order valence-corrected chi connectivity index (χ3v) is 2.96. The second kappa shape index (κ2) is 4.55. The van der Waals surface area contributed by atoms with E-state index in [9.17, 15) is 9.59 Å². The van der Waals surface area contributed by atoms with Gasteiger partial charge in [-0.2, -0.15) is 0 Å². The fourth-order valence-electron chi connectivity index (χ4n) is 2.00. The molecule has 1 atom stereocenters. The van der Waals surface area contributed by atoms with Gasteiger partial charge in [0.05, 0.1) is 5.92 Å². The molecular weight excluding hydrogens is 220 g/mol. The zero-order valence-electron chi connectivity index (χ0n) is 9.27. The summed E-state index contributed by atoms with van der Waals surface area (Å²) in [5.74, 6) is -1.61. The summed E-state index contributed by atoms with van der Waals surface area (Å²) < 4.78 is 0. The number of nitrogens with two attached hydrogens (primary N) is 1. The first kappa shape index (κ1) is 11.6. The van der Waals surface area contributed by atoms with Gasteiger partial charge in [-0.3, -0.25) is 9.59 Å². The molecule has 0 fully saturated rings. The van der Waals surface area contributed by atoms with Crippen LogP contribution >= 0.6 is 0 Å². The number of carbonyl (C=O) groups is 2. The van der Waals surface area contributed by atoms with E-state index in [0.29, 0.717) is 18.4 Å². The Bertz CT molecular complexity index is 471. The summed E-state index contributed by atoms with van der Waals surface area (Å²) >= 11 is 0. The lowest BCUT2D eigenvalue weighted by molar-refractivity contribution is -0.138. The molecule has 1 amide bonds. The van der Waals surface area contributed by atoms with Crippen molar-refractivity contribution in [2.75, 3.05) is 11.9 Å². The van der Waals surface area contributed by atoms with Crippen LogP contribution < -0.4 is 11.1 Å². The minimum Gasteiger partial charge on any atom is -0.481 e. The van der Waals surface area contributed by atoms with Crippen LogP contribution in [-0.4, -0.2) is 23.5 Å². The van der Waals surface area contributed by atoms with E-state index in [4.69, 9.17) is 10.8 Å². The zero-order valence-corrected chi connectivity index (χ0v) is 9.27. The van der Waals surface area contributed by atoms with E-state index in [-0.39, 0.29) is 12.5 Å². The van der Waals surface area contributed by atoms with Gasteiger partial charge in [-0.05, 0) is 23.6 Å². The summed E-state index contributed by atoms with van der Waals surface area (Å²) in [4.78, 5) is 22.2. The molecule has 1 aliphatic heterocycles. The average Bonchev–Trinajstić information content (AvgIpc) is 2.29. The molecule has 1 aromatic carbocycles. The Morgan fingerprint density at radius 2 is 2.24 bits per heavy atom. The number of carboxylic acids is 1. The number of aliphatic carboxylic acids is 1. The van der Waals surface area contributed by atoms with E-state index in [2.05, 4.69) is 5.32 Å². The van der Waals surface area contributed by atoms with Crippen molar-refractivity contribution >= 4 is 17.6 Å². The Kier molecular flexibility index (Phi) is 3.10. The number of anilines is 1. The van der Waals surface area contributed by atoms with Crippen LogP contribution in [0.3, 0.4) is 0 Å². The second-order valence-electron chi connectivity index (χ2n) is 4.09. The molecule has 4 N–H and O–H groups in total. The Morgan fingerprint density at radius 3 is 2.88 bits per heavy atom. The average molecular weight is 234 g/mol. The van der Waals surface area contributed by atoms with Crippen molar-refractivity contribution in [2.24, 2.45) is 5.73 Å². The minimum absolute atomic E-state index is 0.00106. The van der Waals surface area contributed by atoms with Crippen molar-refractivity contribution in [3.63, 3.8) is 0 Å². The smallest absolute Gasteiger partial charge is 0.312 e. The van der Waals surface area contributed by atoms with Gasteiger partial charge < -0.3 is 16.2 Å². The fourth-order valence-corrected chi connectivity index (χ4v) is 2.00. The topological polar surface area (TPSA) is 92.4 Å². The van der Waals surface area contributed by atoms with E-state index in [1.54, 1.807) is 12.1 Å². The number of hydrogen-bond acceptors (Lipinski definition) is 3. The van der Waals surface area contributed by atoms with Gasteiger partial charge >= 0.3 is 5.97 Å². The van der Waals surface area contributed by atoms with Crippen molar-refractivity contribution in [1.29, 1.82) is 0 Å². The fraction of sp³-hybridized carbons (Fsp3) is 0.333. The standard InChI is InChI=1S/C12H14N2O3/c13-6-9(12(16)17)7-1-3-10-8(5-7)2-4-11(15)14-10/h1,3,5,9H,2,4,6,13H2,(H,14,15)(H,16,17). The largest absolute Gasteiger partial charge is 0.481 e. The van der Waals surface area contributed by atoms with Crippen molar-refractivity contribution in [3.05, 3.63) is 29.3 Å². The van der Waals surface area contributed by atoms with E-state index >= 15 is 0 Å². The molecule has 0 aromatic heterocycles. The lowest BCUT2D eigenvalue weighted by atomic mass is 9.93. The van der Waals surface area contributed by atoms with E-state index < -0.39 is 11.9 Å². The van der Waals surface area contributed by atoms with E-state index in [0.717, 1.165) is 11.3 Å². The van der Waals surface area contributed by atoms with Crippen LogP contribution in [0.2, 0.25) is 0 Å². The maximum Gasteiger partial charge on any atom is 0.312 e. The van der Waals surface area contributed by atoms with Crippen molar-refractivity contribution in [1.82, 2.24) is 0 Å². The lowest BCUT2D eigenvalue weighted by Crippen LogP contribution is -2.23. The van der Waals surface area contributed by atoms with Crippen LogP contribution in [0.1, 0.15) is 23.5 Å². The molecule has 0 saturated carbocycles. The van der Waals surface area contributed by atoms with Crippen LogP contribution in [0.4, 0.5) is 5.69 Å². The molecule has 5 heteroatoms. The summed E-state index contributed by atoms with van der Waals surface area (Å²) in [6.07, 6.45) is 1.09. The molecule has 2 rings (SSSR count). The first-order valence-electron chi connectivity index (χ1n) is 5.47. The van der Waals surface area contributed by atoms with Crippen LogP contribution in [0.15, 0.2) is 18.2 Å². The molecule has 0 bridgehead atoms. The third kappa shape index (κ3) is 2.29. The number of carboxylic acid groups (broad SMARTS) is 1. The van der Waals surface area contributed by atoms with Gasteiger partial charge in [0.1, 0.15) is 0 Å². The highest BCUT2D eigenvalue weighted by atomic mass is 16.4. The summed E-state index contributed by atoms with van der Waals surface area (Å²) in [5.41, 5.74) is 7.89. The first-order valence-corrected chi connectivity index (χ1v) is 5.47. The molecule has 1 heterocycles. The Balaban J connectivity index is 2.33. The number of nitrogens with one attached hydrogen (secondary N) is 1. The quantitative estimate of drug-likeness (QED) is 0.717. The molecule has 1 aliphatic rings. The van der Waals surface area contributed by atoms with Gasteiger partial charge in [-0.25, -0.2) is 0 Å². The first-order chi connectivity index (χ1) is 8.11.